The van der Waals surface area contributed by atoms with Gasteiger partial charge in [0.05, 0.1) is 18.4 Å². The highest BCUT2D eigenvalue weighted by atomic mass is 19.1. The Bertz CT molecular complexity index is 1380. The van der Waals surface area contributed by atoms with Gasteiger partial charge in [-0.3, -0.25) is 4.98 Å². The van der Waals surface area contributed by atoms with Gasteiger partial charge in [-0.15, -0.1) is 0 Å². The lowest BCUT2D eigenvalue weighted by Gasteiger charge is -2.35. The van der Waals surface area contributed by atoms with Crippen LogP contribution in [0.5, 0.6) is 0 Å². The summed E-state index contributed by atoms with van der Waals surface area (Å²) in [5.41, 5.74) is 5.39. The van der Waals surface area contributed by atoms with Crippen LogP contribution in [0.1, 0.15) is 48.2 Å². The molecule has 38 heavy (non-hydrogen) atoms. The van der Waals surface area contributed by atoms with Crippen LogP contribution in [0.25, 0.3) is 22.2 Å². The number of piperidine rings is 1. The number of aromatic nitrogens is 2. The van der Waals surface area contributed by atoms with Crippen molar-refractivity contribution in [3.8, 4) is 11.3 Å². The zero-order valence-corrected chi connectivity index (χ0v) is 22.5. The number of halogens is 1. The van der Waals surface area contributed by atoms with Crippen LogP contribution in [-0.2, 0) is 17.7 Å². The second-order valence-corrected chi connectivity index (χ2v) is 11.0. The molecule has 1 aliphatic rings. The highest BCUT2D eigenvalue weighted by Gasteiger charge is 2.27. The Morgan fingerprint density at radius 1 is 1.03 bits per heavy atom. The predicted octanol–water partition coefficient (Wildman–Crippen LogP) is 6.54. The number of esters is 1. The summed E-state index contributed by atoms with van der Waals surface area (Å²) in [6.07, 6.45) is 6.56. The fourth-order valence-electron chi connectivity index (χ4n) is 5.78. The minimum Gasteiger partial charge on any atom is -0.465 e. The van der Waals surface area contributed by atoms with Crippen LogP contribution in [0.3, 0.4) is 0 Å². The molecule has 1 aliphatic heterocycles. The maximum atomic E-state index is 14.2. The van der Waals surface area contributed by atoms with E-state index in [1.807, 2.05) is 36.7 Å². The molecule has 0 amide bonds. The fourth-order valence-corrected chi connectivity index (χ4v) is 5.78. The summed E-state index contributed by atoms with van der Waals surface area (Å²) in [4.78, 5) is 18.5. The number of para-hydroxylation sites is 1. The molecule has 0 bridgehead atoms. The number of likely N-dealkylation sites (tertiary alicyclic amines) is 1. The van der Waals surface area contributed by atoms with Gasteiger partial charge in [0.2, 0.25) is 0 Å². The lowest BCUT2D eigenvalue weighted by atomic mass is 9.95. The number of fused-ring (bicyclic) bond motifs is 1. The van der Waals surface area contributed by atoms with E-state index in [1.165, 1.54) is 29.3 Å². The Morgan fingerprint density at radius 2 is 1.71 bits per heavy atom. The van der Waals surface area contributed by atoms with Gasteiger partial charge in [0.1, 0.15) is 5.67 Å². The third-order valence-electron chi connectivity index (χ3n) is 7.53. The summed E-state index contributed by atoms with van der Waals surface area (Å²) in [6.45, 7) is 6.61. The number of carbonyl (C=O) groups excluding carboxylic acids is 1. The third-order valence-corrected chi connectivity index (χ3v) is 7.53. The molecule has 6 heteroatoms. The van der Waals surface area contributed by atoms with Crippen molar-refractivity contribution in [3.63, 3.8) is 0 Å². The second kappa shape index (κ2) is 11.1. The average Bonchev–Trinajstić information content (AvgIpc) is 3.22. The molecule has 198 valence electrons. The zero-order valence-electron chi connectivity index (χ0n) is 22.5. The molecule has 5 rings (SSSR count). The average molecular weight is 514 g/mol. The zero-order chi connectivity index (χ0) is 26.7. The molecule has 0 spiro atoms. The molecule has 0 unspecified atom stereocenters. The number of rotatable bonds is 8. The predicted molar refractivity (Wildman–Crippen MR) is 150 cm³/mol. The van der Waals surface area contributed by atoms with Crippen LogP contribution in [0.2, 0.25) is 0 Å². The van der Waals surface area contributed by atoms with E-state index in [2.05, 4.69) is 50.8 Å². The normalized spacial score (nSPS) is 15.2. The van der Waals surface area contributed by atoms with Crippen molar-refractivity contribution in [1.29, 1.82) is 0 Å². The number of methoxy groups -OCH3 is 1. The molecular formula is C32H36FN3O2. The van der Waals surface area contributed by atoms with E-state index < -0.39 is 5.67 Å². The van der Waals surface area contributed by atoms with Crippen molar-refractivity contribution in [1.82, 2.24) is 14.5 Å². The molecule has 1 fully saturated rings. The molecule has 4 aromatic rings. The van der Waals surface area contributed by atoms with E-state index in [1.54, 1.807) is 13.8 Å². The fraction of sp³-hybridized carbons (Fsp3) is 0.375. The first-order valence-corrected chi connectivity index (χ1v) is 13.4. The van der Waals surface area contributed by atoms with Crippen molar-refractivity contribution in [3.05, 3.63) is 89.7 Å². The van der Waals surface area contributed by atoms with Gasteiger partial charge in [-0.2, -0.15) is 0 Å². The summed E-state index contributed by atoms with van der Waals surface area (Å²) in [7, 11) is 1.40. The quantitative estimate of drug-likeness (QED) is 0.251. The van der Waals surface area contributed by atoms with Crippen LogP contribution >= 0.6 is 0 Å². The van der Waals surface area contributed by atoms with Gasteiger partial charge in [-0.25, -0.2) is 9.18 Å². The van der Waals surface area contributed by atoms with Gasteiger partial charge in [0.25, 0.3) is 0 Å². The number of pyridine rings is 1. The lowest BCUT2D eigenvalue weighted by molar-refractivity contribution is 0.0600. The second-order valence-electron chi connectivity index (χ2n) is 11.0. The number of hydrogen-bond donors (Lipinski definition) is 0. The van der Waals surface area contributed by atoms with Crippen LogP contribution in [-0.4, -0.2) is 52.8 Å². The van der Waals surface area contributed by atoms with Gasteiger partial charge < -0.3 is 14.2 Å². The molecule has 0 atom stereocenters. The van der Waals surface area contributed by atoms with Gasteiger partial charge in [0, 0.05) is 48.4 Å². The summed E-state index contributed by atoms with van der Waals surface area (Å²) in [6, 6.07) is 20.5. The maximum absolute atomic E-state index is 14.2. The van der Waals surface area contributed by atoms with E-state index in [-0.39, 0.29) is 5.97 Å². The van der Waals surface area contributed by atoms with Gasteiger partial charge in [0.15, 0.2) is 0 Å². The summed E-state index contributed by atoms with van der Waals surface area (Å²) in [5.74, 6) is 0.198. The molecule has 1 saturated heterocycles. The number of benzene rings is 2. The third kappa shape index (κ3) is 5.81. The topological polar surface area (TPSA) is 47.4 Å². The van der Waals surface area contributed by atoms with E-state index >= 15 is 0 Å². The first-order valence-electron chi connectivity index (χ1n) is 13.4. The SMILES string of the molecule is COC(=O)c1ccc(Cc2c(-c3ccncc3)n(CC3CCN(CC(C)(C)F)CC3)c3ccccc23)cc1. The molecule has 2 aromatic carbocycles. The molecule has 5 nitrogen and oxygen atoms in total. The lowest BCUT2D eigenvalue weighted by Crippen LogP contribution is -2.41. The minimum absolute atomic E-state index is 0.327. The van der Waals surface area contributed by atoms with E-state index in [9.17, 15) is 9.18 Å². The summed E-state index contributed by atoms with van der Waals surface area (Å²) >= 11 is 0. The molecule has 2 aromatic heterocycles. The molecule has 0 radical (unpaired) electrons. The van der Waals surface area contributed by atoms with Gasteiger partial charge in [-0.05, 0) is 87.2 Å². The molecule has 0 aliphatic carbocycles. The van der Waals surface area contributed by atoms with Crippen LogP contribution < -0.4 is 0 Å². The Hall–Kier alpha value is -3.51. The number of carbonyl (C=O) groups is 1. The van der Waals surface area contributed by atoms with Crippen LogP contribution in [0.15, 0.2) is 73.1 Å². The summed E-state index contributed by atoms with van der Waals surface area (Å²) < 4.78 is 21.6. The number of hydrogen-bond acceptors (Lipinski definition) is 4. The maximum Gasteiger partial charge on any atom is 0.337 e. The molecule has 0 N–H and O–H groups in total. The molecule has 0 saturated carbocycles. The van der Waals surface area contributed by atoms with Crippen LogP contribution in [0, 0.1) is 5.92 Å². The van der Waals surface area contributed by atoms with Crippen molar-refractivity contribution in [2.24, 2.45) is 5.92 Å². The standard InChI is InChI=1S/C32H36FN3O2/c1-32(2,33)22-35-18-14-24(15-19-35)21-36-29-7-5-4-6-27(29)28(30(36)25-12-16-34-17-13-25)20-23-8-10-26(11-9-23)31(37)38-3/h4-13,16-17,24H,14-15,18-22H2,1-3H3. The van der Waals surface area contributed by atoms with Crippen molar-refractivity contribution >= 4 is 16.9 Å². The van der Waals surface area contributed by atoms with Crippen molar-refractivity contribution in [2.45, 2.75) is 45.3 Å². The highest BCUT2D eigenvalue weighted by Crippen LogP contribution is 2.37. The Kier molecular flexibility index (Phi) is 7.61. The molecular weight excluding hydrogens is 477 g/mol. The van der Waals surface area contributed by atoms with Gasteiger partial charge in [-0.1, -0.05) is 30.3 Å². The van der Waals surface area contributed by atoms with E-state index in [4.69, 9.17) is 4.74 Å². The number of ether oxygens (including phenoxy) is 1. The van der Waals surface area contributed by atoms with Crippen molar-refractivity contribution < 1.29 is 13.9 Å². The Labute approximate surface area is 224 Å². The van der Waals surface area contributed by atoms with E-state index in [0.717, 1.165) is 50.0 Å². The minimum atomic E-state index is -1.16. The largest absolute Gasteiger partial charge is 0.465 e. The first-order chi connectivity index (χ1) is 18.3. The molecule has 3 heterocycles. The Morgan fingerprint density at radius 3 is 2.37 bits per heavy atom. The van der Waals surface area contributed by atoms with E-state index in [0.29, 0.717) is 18.0 Å². The highest BCUT2D eigenvalue weighted by molar-refractivity contribution is 5.92. The number of alkyl halides is 1. The number of nitrogens with zero attached hydrogens (tertiary/aromatic N) is 3. The summed E-state index contributed by atoms with van der Waals surface area (Å²) in [5, 5.41) is 1.24. The smallest absolute Gasteiger partial charge is 0.337 e. The Balaban J connectivity index is 1.50. The first kappa shape index (κ1) is 26.1. The van der Waals surface area contributed by atoms with Crippen LogP contribution in [0.4, 0.5) is 4.39 Å². The van der Waals surface area contributed by atoms with Gasteiger partial charge >= 0.3 is 5.97 Å². The van der Waals surface area contributed by atoms with Crippen molar-refractivity contribution in [2.75, 3.05) is 26.7 Å². The monoisotopic (exact) mass is 513 g/mol.